The van der Waals surface area contributed by atoms with E-state index in [1.54, 1.807) is 0 Å². The predicted molar refractivity (Wildman–Crippen MR) is 80.4 cm³/mol. The van der Waals surface area contributed by atoms with Gasteiger partial charge >= 0.3 is 0 Å². The van der Waals surface area contributed by atoms with Gasteiger partial charge < -0.3 is 9.53 Å². The highest BCUT2D eigenvalue weighted by atomic mass is 28.4. The van der Waals surface area contributed by atoms with Gasteiger partial charge in [-0.25, -0.2) is 0 Å². The Labute approximate surface area is 111 Å². The van der Waals surface area contributed by atoms with Crippen LogP contribution in [0, 0.1) is 0 Å². The molecule has 0 aliphatic rings. The Kier molecular flexibility index (Phi) is 4.40. The first-order chi connectivity index (χ1) is 8.17. The topological polar surface area (TPSA) is 29.5 Å². The summed E-state index contributed by atoms with van der Waals surface area (Å²) in [5.41, 5.74) is 1.69. The second-order valence-electron chi connectivity index (χ2n) is 6.15. The molecular weight excluding hydrogens is 240 g/mol. The van der Waals surface area contributed by atoms with Gasteiger partial charge in [0.1, 0.15) is 5.75 Å². The third kappa shape index (κ3) is 3.46. The zero-order chi connectivity index (χ0) is 14.0. The van der Waals surface area contributed by atoms with E-state index in [0.29, 0.717) is 0 Å². The van der Waals surface area contributed by atoms with E-state index in [1.165, 1.54) is 0 Å². The van der Waals surface area contributed by atoms with Gasteiger partial charge in [0.15, 0.2) is 0 Å². The van der Waals surface area contributed by atoms with E-state index in [1.807, 2.05) is 24.3 Å². The molecule has 1 rings (SSSR count). The molecule has 0 atom stereocenters. The summed E-state index contributed by atoms with van der Waals surface area (Å²) in [6.45, 7) is 14.9. The van der Waals surface area contributed by atoms with E-state index < -0.39 is 8.32 Å². The third-order valence-electron chi connectivity index (χ3n) is 3.63. The highest BCUT2D eigenvalue weighted by Gasteiger charge is 2.38. The average molecular weight is 264 g/mol. The van der Waals surface area contributed by atoms with Crippen molar-refractivity contribution in [3.05, 3.63) is 36.4 Å². The number of hydrogen-bond donors (Lipinski definition) is 1. The summed E-state index contributed by atoms with van der Waals surface area (Å²) in [6.07, 6.45) is 0. The summed E-state index contributed by atoms with van der Waals surface area (Å²) in [5, 5.41) is 9.22. The lowest BCUT2D eigenvalue weighted by atomic mass is 10.1. The molecule has 3 heteroatoms. The fourth-order valence-electron chi connectivity index (χ4n) is 1.30. The quantitative estimate of drug-likeness (QED) is 0.830. The van der Waals surface area contributed by atoms with Crippen LogP contribution in [0.25, 0.3) is 5.57 Å². The van der Waals surface area contributed by atoms with Crippen molar-refractivity contribution in [3.8, 4) is 5.75 Å². The van der Waals surface area contributed by atoms with Crippen LogP contribution in [0.5, 0.6) is 5.75 Å². The highest BCUT2D eigenvalue weighted by molar-refractivity contribution is 6.74. The van der Waals surface area contributed by atoms with Crippen LogP contribution in [0.15, 0.2) is 30.8 Å². The first-order valence-corrected chi connectivity index (χ1v) is 9.16. The lowest BCUT2D eigenvalue weighted by molar-refractivity contribution is 0.350. The van der Waals surface area contributed by atoms with Crippen molar-refractivity contribution in [1.82, 2.24) is 0 Å². The SMILES string of the molecule is C=C(CO)c1ccc(O[Si](C)(C)C(C)(C)C)cc1. The molecule has 1 N–H and O–H groups in total. The van der Waals surface area contributed by atoms with E-state index in [9.17, 15) is 0 Å². The Morgan fingerprint density at radius 3 is 2.11 bits per heavy atom. The van der Waals surface area contributed by atoms with Crippen molar-refractivity contribution in [2.75, 3.05) is 6.61 Å². The van der Waals surface area contributed by atoms with Crippen molar-refractivity contribution in [2.24, 2.45) is 0 Å². The summed E-state index contributed by atoms with van der Waals surface area (Å²) < 4.78 is 6.18. The minimum atomic E-state index is -1.77. The molecule has 0 spiro atoms. The fraction of sp³-hybridized carbons (Fsp3) is 0.467. The van der Waals surface area contributed by atoms with Crippen molar-refractivity contribution in [1.29, 1.82) is 0 Å². The van der Waals surface area contributed by atoms with Crippen LogP contribution in [-0.4, -0.2) is 20.0 Å². The molecule has 0 amide bonds. The number of aliphatic hydroxyl groups excluding tert-OH is 1. The Morgan fingerprint density at radius 2 is 1.72 bits per heavy atom. The first-order valence-electron chi connectivity index (χ1n) is 6.25. The molecule has 18 heavy (non-hydrogen) atoms. The lowest BCUT2D eigenvalue weighted by Gasteiger charge is -2.36. The number of rotatable bonds is 4. The van der Waals surface area contributed by atoms with Crippen LogP contribution in [0.3, 0.4) is 0 Å². The molecule has 0 aliphatic carbocycles. The summed E-state index contributed by atoms with van der Waals surface area (Å²) in [6, 6.07) is 7.80. The number of hydrogen-bond acceptors (Lipinski definition) is 2. The Bertz CT molecular complexity index is 413. The van der Waals surface area contributed by atoms with Gasteiger partial charge in [-0.1, -0.05) is 39.5 Å². The van der Waals surface area contributed by atoms with Gasteiger partial charge in [0.05, 0.1) is 6.61 Å². The maximum absolute atomic E-state index is 9.03. The average Bonchev–Trinajstić information content (AvgIpc) is 2.27. The molecule has 1 aromatic rings. The molecule has 0 saturated carbocycles. The van der Waals surface area contributed by atoms with E-state index >= 15 is 0 Å². The lowest BCUT2D eigenvalue weighted by Crippen LogP contribution is -2.43. The van der Waals surface area contributed by atoms with E-state index in [-0.39, 0.29) is 11.6 Å². The Balaban J connectivity index is 2.85. The molecule has 0 fully saturated rings. The van der Waals surface area contributed by atoms with E-state index in [2.05, 4.69) is 40.4 Å². The predicted octanol–water partition coefficient (Wildman–Crippen LogP) is 4.08. The van der Waals surface area contributed by atoms with Crippen LogP contribution in [0.2, 0.25) is 18.1 Å². The normalized spacial score (nSPS) is 12.3. The van der Waals surface area contributed by atoms with Gasteiger partial charge in [-0.15, -0.1) is 0 Å². The first kappa shape index (κ1) is 15.0. The van der Waals surface area contributed by atoms with Crippen molar-refractivity contribution in [3.63, 3.8) is 0 Å². The van der Waals surface area contributed by atoms with Crippen LogP contribution in [0.1, 0.15) is 26.3 Å². The second kappa shape index (κ2) is 5.29. The molecule has 0 aliphatic heterocycles. The molecule has 100 valence electrons. The van der Waals surface area contributed by atoms with Gasteiger partial charge in [-0.05, 0) is 41.4 Å². The van der Waals surface area contributed by atoms with Crippen molar-refractivity contribution < 1.29 is 9.53 Å². The summed E-state index contributed by atoms with van der Waals surface area (Å²) >= 11 is 0. The van der Waals surface area contributed by atoms with E-state index in [4.69, 9.17) is 9.53 Å². The zero-order valence-corrected chi connectivity index (χ0v) is 13.1. The maximum atomic E-state index is 9.03. The fourth-order valence-corrected chi connectivity index (χ4v) is 2.33. The summed E-state index contributed by atoms with van der Waals surface area (Å²) in [5.74, 6) is 0.899. The molecular formula is C15H24O2Si. The molecule has 0 aromatic heterocycles. The molecule has 1 aromatic carbocycles. The van der Waals surface area contributed by atoms with Crippen LogP contribution < -0.4 is 4.43 Å². The van der Waals surface area contributed by atoms with Gasteiger partial charge in [0, 0.05) is 0 Å². The highest BCUT2D eigenvalue weighted by Crippen LogP contribution is 2.37. The zero-order valence-electron chi connectivity index (χ0n) is 12.1. The van der Waals surface area contributed by atoms with Crippen molar-refractivity contribution >= 4 is 13.9 Å². The molecule has 0 unspecified atom stereocenters. The molecule has 0 bridgehead atoms. The summed E-state index contributed by atoms with van der Waals surface area (Å²) in [4.78, 5) is 0. The smallest absolute Gasteiger partial charge is 0.250 e. The van der Waals surface area contributed by atoms with Gasteiger partial charge in [-0.3, -0.25) is 0 Å². The minimum absolute atomic E-state index is 0.0115. The van der Waals surface area contributed by atoms with Gasteiger partial charge in [0.25, 0.3) is 0 Å². The second-order valence-corrected chi connectivity index (χ2v) is 10.9. The molecule has 0 heterocycles. The van der Waals surface area contributed by atoms with Crippen LogP contribution >= 0.6 is 0 Å². The van der Waals surface area contributed by atoms with E-state index in [0.717, 1.165) is 16.9 Å². The van der Waals surface area contributed by atoms with Crippen molar-refractivity contribution in [2.45, 2.75) is 38.9 Å². The maximum Gasteiger partial charge on any atom is 0.250 e. The molecule has 0 radical (unpaired) electrons. The number of aliphatic hydroxyl groups is 1. The van der Waals surface area contributed by atoms with Crippen LogP contribution in [0.4, 0.5) is 0 Å². The standard InChI is InChI=1S/C15H24O2Si/c1-12(11-16)13-7-9-14(10-8-13)17-18(5,6)15(2,3)4/h7-10,16H,1,11H2,2-6H3. The largest absolute Gasteiger partial charge is 0.544 e. The van der Waals surface area contributed by atoms with Gasteiger partial charge in [-0.2, -0.15) is 0 Å². The Hall–Kier alpha value is -1.06. The van der Waals surface area contributed by atoms with Gasteiger partial charge in [0.2, 0.25) is 8.32 Å². The molecule has 0 saturated heterocycles. The third-order valence-corrected chi connectivity index (χ3v) is 7.99. The number of benzene rings is 1. The Morgan fingerprint density at radius 1 is 1.22 bits per heavy atom. The molecule has 2 nitrogen and oxygen atoms in total. The summed E-state index contributed by atoms with van der Waals surface area (Å²) in [7, 11) is -1.77. The minimum Gasteiger partial charge on any atom is -0.544 e. The monoisotopic (exact) mass is 264 g/mol. The van der Waals surface area contributed by atoms with Crippen LogP contribution in [-0.2, 0) is 0 Å².